The Morgan fingerprint density at radius 1 is 1.23 bits per heavy atom. The van der Waals surface area contributed by atoms with E-state index in [0.717, 1.165) is 37.8 Å². The van der Waals surface area contributed by atoms with Crippen LogP contribution in [-0.2, 0) is 16.0 Å². The van der Waals surface area contributed by atoms with Crippen molar-refractivity contribution >= 4 is 17.5 Å². The minimum Gasteiger partial charge on any atom is -0.399 e. The molecule has 3 rings (SSSR count). The van der Waals surface area contributed by atoms with Crippen molar-refractivity contribution in [2.75, 3.05) is 12.3 Å². The molecule has 0 saturated carbocycles. The molecule has 3 N–H and O–H groups in total. The van der Waals surface area contributed by atoms with Crippen molar-refractivity contribution < 1.29 is 9.59 Å². The first kappa shape index (κ1) is 18.7. The number of carbonyl (C=O) groups excluding carboxylic acids is 2. The van der Waals surface area contributed by atoms with Crippen LogP contribution in [0.15, 0.2) is 18.2 Å². The van der Waals surface area contributed by atoms with E-state index in [1.54, 1.807) is 4.90 Å². The largest absolute Gasteiger partial charge is 0.399 e. The van der Waals surface area contributed by atoms with Crippen LogP contribution in [0.25, 0.3) is 0 Å². The number of rotatable bonds is 3. The highest BCUT2D eigenvalue weighted by Gasteiger charge is 2.36. The average Bonchev–Trinajstić information content (AvgIpc) is 3.03. The molecule has 0 radical (unpaired) electrons. The number of likely N-dealkylation sites (tertiary alicyclic amines) is 1. The molecule has 1 aliphatic heterocycles. The van der Waals surface area contributed by atoms with Crippen LogP contribution in [0.4, 0.5) is 5.69 Å². The highest BCUT2D eigenvalue weighted by molar-refractivity contribution is 5.88. The van der Waals surface area contributed by atoms with Gasteiger partial charge in [0.2, 0.25) is 11.8 Å². The van der Waals surface area contributed by atoms with E-state index in [2.05, 4.69) is 26.1 Å². The van der Waals surface area contributed by atoms with E-state index in [0.29, 0.717) is 13.0 Å². The standard InChI is InChI=1S/C21H31N3O2/c1-21(2,3)13-19(25)24-11-5-8-18(24)20(26)23-17-7-4-6-14-12-15(22)9-10-16(14)17/h9-10,12,17-18H,4-8,11,13,22H2,1-3H3,(H,23,26). The Balaban J connectivity index is 1.69. The lowest BCUT2D eigenvalue weighted by Gasteiger charge is -2.31. The van der Waals surface area contributed by atoms with Crippen LogP contribution >= 0.6 is 0 Å². The van der Waals surface area contributed by atoms with Crippen molar-refractivity contribution in [3.8, 4) is 0 Å². The number of fused-ring (bicyclic) bond motifs is 1. The normalized spacial score (nSPS) is 22.8. The number of amides is 2. The molecule has 1 aromatic rings. The smallest absolute Gasteiger partial charge is 0.243 e. The molecular weight excluding hydrogens is 326 g/mol. The fourth-order valence-electron chi connectivity index (χ4n) is 4.15. The van der Waals surface area contributed by atoms with Crippen LogP contribution in [0.5, 0.6) is 0 Å². The average molecular weight is 357 g/mol. The summed E-state index contributed by atoms with van der Waals surface area (Å²) in [7, 11) is 0. The Morgan fingerprint density at radius 3 is 2.73 bits per heavy atom. The van der Waals surface area contributed by atoms with Gasteiger partial charge in [-0.25, -0.2) is 0 Å². The summed E-state index contributed by atoms with van der Waals surface area (Å²) in [4.78, 5) is 27.4. The number of hydrogen-bond acceptors (Lipinski definition) is 3. The number of hydrogen-bond donors (Lipinski definition) is 2. The zero-order valence-corrected chi connectivity index (χ0v) is 16.2. The quantitative estimate of drug-likeness (QED) is 0.816. The minimum absolute atomic E-state index is 0.0144. The number of nitrogens with two attached hydrogens (primary N) is 1. The molecule has 0 aromatic heterocycles. The molecule has 1 fully saturated rings. The monoisotopic (exact) mass is 357 g/mol. The SMILES string of the molecule is CC(C)(C)CC(=O)N1CCCC1C(=O)NC1CCCc2cc(N)ccc21. The number of carbonyl (C=O) groups is 2. The van der Waals surface area contributed by atoms with Gasteiger partial charge in [-0.15, -0.1) is 0 Å². The number of nitrogens with zero attached hydrogens (tertiary/aromatic N) is 1. The van der Waals surface area contributed by atoms with Gasteiger partial charge in [0.15, 0.2) is 0 Å². The molecule has 0 bridgehead atoms. The van der Waals surface area contributed by atoms with Crippen LogP contribution < -0.4 is 11.1 Å². The van der Waals surface area contributed by atoms with Crippen molar-refractivity contribution in [3.63, 3.8) is 0 Å². The molecule has 2 aliphatic rings. The van der Waals surface area contributed by atoms with Gasteiger partial charge in [0.25, 0.3) is 0 Å². The fraction of sp³-hybridized carbons (Fsp3) is 0.619. The molecule has 5 nitrogen and oxygen atoms in total. The third kappa shape index (κ3) is 4.19. The maximum absolute atomic E-state index is 12.9. The summed E-state index contributed by atoms with van der Waals surface area (Å²) in [5, 5.41) is 3.21. The summed E-state index contributed by atoms with van der Waals surface area (Å²) in [6.07, 6.45) is 5.10. The second-order valence-corrected chi connectivity index (χ2v) is 8.89. The zero-order chi connectivity index (χ0) is 18.9. The van der Waals surface area contributed by atoms with Gasteiger partial charge >= 0.3 is 0 Å². The first-order valence-corrected chi connectivity index (χ1v) is 9.73. The topological polar surface area (TPSA) is 75.4 Å². The van der Waals surface area contributed by atoms with Gasteiger partial charge in [-0.3, -0.25) is 9.59 Å². The Hall–Kier alpha value is -2.04. The third-order valence-corrected chi connectivity index (χ3v) is 5.36. The zero-order valence-electron chi connectivity index (χ0n) is 16.2. The first-order chi connectivity index (χ1) is 12.2. The van der Waals surface area contributed by atoms with Crippen molar-refractivity contribution in [2.24, 2.45) is 5.41 Å². The van der Waals surface area contributed by atoms with Crippen LogP contribution in [-0.4, -0.2) is 29.3 Å². The third-order valence-electron chi connectivity index (χ3n) is 5.36. The number of nitrogen functional groups attached to an aromatic ring is 1. The van der Waals surface area contributed by atoms with Crippen LogP contribution in [0, 0.1) is 5.41 Å². The minimum atomic E-state index is -0.330. The van der Waals surface area contributed by atoms with Gasteiger partial charge in [-0.05, 0) is 60.8 Å². The van der Waals surface area contributed by atoms with E-state index in [-0.39, 0.29) is 29.3 Å². The summed E-state index contributed by atoms with van der Waals surface area (Å²) in [5.74, 6) is 0.0754. The summed E-state index contributed by atoms with van der Waals surface area (Å²) in [6, 6.07) is 5.64. The molecule has 2 unspecified atom stereocenters. The van der Waals surface area contributed by atoms with Gasteiger partial charge in [-0.1, -0.05) is 26.8 Å². The Bertz CT molecular complexity index is 693. The Kier molecular flexibility index (Phi) is 5.26. The Morgan fingerprint density at radius 2 is 2.00 bits per heavy atom. The fourth-order valence-corrected chi connectivity index (χ4v) is 4.15. The molecular formula is C21H31N3O2. The molecule has 5 heteroatoms. The summed E-state index contributed by atoms with van der Waals surface area (Å²) < 4.78 is 0. The first-order valence-electron chi connectivity index (χ1n) is 9.73. The van der Waals surface area contributed by atoms with E-state index < -0.39 is 0 Å². The van der Waals surface area contributed by atoms with Crippen LogP contribution in [0.3, 0.4) is 0 Å². The summed E-state index contributed by atoms with van der Waals surface area (Å²) in [5.41, 5.74) is 9.00. The predicted molar refractivity (Wildman–Crippen MR) is 103 cm³/mol. The lowest BCUT2D eigenvalue weighted by Crippen LogP contribution is -2.47. The number of benzene rings is 1. The highest BCUT2D eigenvalue weighted by Crippen LogP contribution is 2.32. The molecule has 2 amide bonds. The molecule has 1 heterocycles. The maximum atomic E-state index is 12.9. The lowest BCUT2D eigenvalue weighted by atomic mass is 9.87. The van der Waals surface area contributed by atoms with Gasteiger partial charge in [0.1, 0.15) is 6.04 Å². The van der Waals surface area contributed by atoms with E-state index in [9.17, 15) is 9.59 Å². The number of aryl methyl sites for hydroxylation is 1. The molecule has 2 atom stereocenters. The molecule has 1 aliphatic carbocycles. The van der Waals surface area contributed by atoms with Crippen molar-refractivity contribution in [3.05, 3.63) is 29.3 Å². The van der Waals surface area contributed by atoms with Crippen LogP contribution in [0.1, 0.15) is 70.0 Å². The molecule has 1 saturated heterocycles. The van der Waals surface area contributed by atoms with Gasteiger partial charge in [-0.2, -0.15) is 0 Å². The summed E-state index contributed by atoms with van der Waals surface area (Å²) >= 11 is 0. The highest BCUT2D eigenvalue weighted by atomic mass is 16.2. The van der Waals surface area contributed by atoms with Gasteiger partial charge in [0, 0.05) is 18.7 Å². The van der Waals surface area contributed by atoms with E-state index in [4.69, 9.17) is 5.73 Å². The second-order valence-electron chi connectivity index (χ2n) is 8.89. The van der Waals surface area contributed by atoms with Crippen molar-refractivity contribution in [1.82, 2.24) is 10.2 Å². The van der Waals surface area contributed by atoms with Crippen LogP contribution in [0.2, 0.25) is 0 Å². The summed E-state index contributed by atoms with van der Waals surface area (Å²) in [6.45, 7) is 6.85. The second kappa shape index (κ2) is 7.29. The van der Waals surface area contributed by atoms with Gasteiger partial charge in [0.05, 0.1) is 6.04 Å². The molecule has 26 heavy (non-hydrogen) atoms. The molecule has 0 spiro atoms. The van der Waals surface area contributed by atoms with Crippen molar-refractivity contribution in [1.29, 1.82) is 0 Å². The van der Waals surface area contributed by atoms with Crippen molar-refractivity contribution in [2.45, 2.75) is 71.4 Å². The van der Waals surface area contributed by atoms with E-state index in [1.165, 1.54) is 11.1 Å². The molecule has 142 valence electrons. The Labute approximate surface area is 156 Å². The maximum Gasteiger partial charge on any atom is 0.243 e. The van der Waals surface area contributed by atoms with E-state index in [1.807, 2.05) is 18.2 Å². The predicted octanol–water partition coefficient (Wildman–Crippen LogP) is 3.19. The molecule has 1 aromatic carbocycles. The van der Waals surface area contributed by atoms with E-state index >= 15 is 0 Å². The number of anilines is 1. The van der Waals surface area contributed by atoms with Gasteiger partial charge < -0.3 is 16.0 Å². The number of nitrogens with one attached hydrogen (secondary N) is 1. The lowest BCUT2D eigenvalue weighted by molar-refractivity contribution is -0.140.